The molecule has 0 bridgehead atoms. The zero-order valence-electron chi connectivity index (χ0n) is 13.5. The molecule has 0 fully saturated rings. The van der Waals surface area contributed by atoms with Crippen molar-refractivity contribution in [2.24, 2.45) is 5.41 Å². The summed E-state index contributed by atoms with van der Waals surface area (Å²) < 4.78 is 0. The highest BCUT2D eigenvalue weighted by Gasteiger charge is 2.19. The van der Waals surface area contributed by atoms with Crippen LogP contribution in [0.5, 0.6) is 0 Å². The standard InChI is InChI=1S/C17H33NO/c1-6-10-15-18(9-4)16(19)13-11-12-14-17(5,7-2)8-3/h9H,4,6-8,10-15H2,1-3,5H3. The van der Waals surface area contributed by atoms with Gasteiger partial charge >= 0.3 is 0 Å². The first-order valence-corrected chi connectivity index (χ1v) is 7.95. The van der Waals surface area contributed by atoms with E-state index in [2.05, 4.69) is 34.3 Å². The Morgan fingerprint density at radius 1 is 1.16 bits per heavy atom. The van der Waals surface area contributed by atoms with E-state index in [1.165, 1.54) is 19.3 Å². The van der Waals surface area contributed by atoms with E-state index in [9.17, 15) is 4.79 Å². The third kappa shape index (κ3) is 7.39. The van der Waals surface area contributed by atoms with Gasteiger partial charge in [-0.05, 0) is 30.9 Å². The maximum absolute atomic E-state index is 12.0. The number of nitrogens with zero attached hydrogens (tertiary/aromatic N) is 1. The van der Waals surface area contributed by atoms with Crippen LogP contribution in [0, 0.1) is 5.41 Å². The maximum atomic E-state index is 12.0. The molecule has 0 aromatic carbocycles. The Morgan fingerprint density at radius 3 is 2.26 bits per heavy atom. The summed E-state index contributed by atoms with van der Waals surface area (Å²) in [7, 11) is 0. The Labute approximate surface area is 120 Å². The predicted octanol–water partition coefficient (Wildman–Crippen LogP) is 5.15. The molecule has 19 heavy (non-hydrogen) atoms. The smallest absolute Gasteiger partial charge is 0.226 e. The number of unbranched alkanes of at least 4 members (excludes halogenated alkanes) is 2. The Kier molecular flexibility index (Phi) is 9.63. The van der Waals surface area contributed by atoms with Gasteiger partial charge in [-0.2, -0.15) is 0 Å². The monoisotopic (exact) mass is 267 g/mol. The Hall–Kier alpha value is -0.790. The molecule has 0 saturated heterocycles. The summed E-state index contributed by atoms with van der Waals surface area (Å²) in [5, 5.41) is 0. The van der Waals surface area contributed by atoms with Crippen molar-refractivity contribution in [2.75, 3.05) is 6.54 Å². The molecule has 0 aromatic rings. The van der Waals surface area contributed by atoms with E-state index in [1.54, 1.807) is 11.1 Å². The summed E-state index contributed by atoms with van der Waals surface area (Å²) in [4.78, 5) is 13.8. The minimum Gasteiger partial charge on any atom is -0.320 e. The summed E-state index contributed by atoms with van der Waals surface area (Å²) in [6.45, 7) is 13.6. The van der Waals surface area contributed by atoms with E-state index in [1.807, 2.05) is 0 Å². The number of carbonyl (C=O) groups excluding carboxylic acids is 1. The number of amides is 1. The number of carbonyl (C=O) groups is 1. The third-order valence-corrected chi connectivity index (χ3v) is 4.42. The summed E-state index contributed by atoms with van der Waals surface area (Å²) in [6, 6.07) is 0. The molecule has 2 heteroatoms. The second kappa shape index (κ2) is 10.1. The van der Waals surface area contributed by atoms with Gasteiger partial charge in [-0.1, -0.05) is 60.0 Å². The molecule has 112 valence electrons. The molecule has 0 atom stereocenters. The molecular formula is C17H33NO. The number of hydrogen-bond donors (Lipinski definition) is 0. The quantitative estimate of drug-likeness (QED) is 0.474. The highest BCUT2D eigenvalue weighted by Crippen LogP contribution is 2.31. The van der Waals surface area contributed by atoms with E-state index < -0.39 is 0 Å². The molecule has 0 aliphatic rings. The van der Waals surface area contributed by atoms with Crippen molar-refractivity contribution < 1.29 is 4.79 Å². The second-order valence-corrected chi connectivity index (χ2v) is 5.85. The van der Waals surface area contributed by atoms with Gasteiger partial charge in [-0.3, -0.25) is 4.79 Å². The predicted molar refractivity (Wildman–Crippen MR) is 84.0 cm³/mol. The zero-order valence-corrected chi connectivity index (χ0v) is 13.5. The van der Waals surface area contributed by atoms with E-state index in [4.69, 9.17) is 0 Å². The fourth-order valence-electron chi connectivity index (χ4n) is 2.22. The van der Waals surface area contributed by atoms with Crippen molar-refractivity contribution >= 4 is 5.91 Å². The van der Waals surface area contributed by atoms with Gasteiger partial charge < -0.3 is 4.90 Å². The highest BCUT2D eigenvalue weighted by molar-refractivity contribution is 5.77. The molecule has 0 unspecified atom stereocenters. The van der Waals surface area contributed by atoms with Gasteiger partial charge in [0, 0.05) is 13.0 Å². The normalized spacial score (nSPS) is 11.4. The summed E-state index contributed by atoms with van der Waals surface area (Å²) in [5.74, 6) is 0.234. The van der Waals surface area contributed by atoms with Crippen molar-refractivity contribution in [1.82, 2.24) is 4.90 Å². The summed E-state index contributed by atoms with van der Waals surface area (Å²) in [5.41, 5.74) is 0.462. The van der Waals surface area contributed by atoms with Crippen LogP contribution in [0.25, 0.3) is 0 Å². The molecule has 0 N–H and O–H groups in total. The minimum atomic E-state index is 0.234. The highest BCUT2D eigenvalue weighted by atomic mass is 16.2. The van der Waals surface area contributed by atoms with Crippen LogP contribution in [-0.4, -0.2) is 17.4 Å². The lowest BCUT2D eigenvalue weighted by Gasteiger charge is -2.26. The molecule has 0 aliphatic carbocycles. The van der Waals surface area contributed by atoms with Crippen molar-refractivity contribution in [3.05, 3.63) is 12.8 Å². The molecule has 0 heterocycles. The molecule has 0 aliphatic heterocycles. The van der Waals surface area contributed by atoms with Gasteiger partial charge in [-0.25, -0.2) is 0 Å². The molecular weight excluding hydrogens is 234 g/mol. The first-order valence-electron chi connectivity index (χ1n) is 7.95. The molecule has 1 amide bonds. The first-order chi connectivity index (χ1) is 9.02. The topological polar surface area (TPSA) is 20.3 Å². The SMILES string of the molecule is C=CN(CCCC)C(=O)CCCCC(C)(CC)CC. The summed E-state index contributed by atoms with van der Waals surface area (Å²) >= 11 is 0. The zero-order chi connectivity index (χ0) is 14.7. The molecule has 0 radical (unpaired) electrons. The van der Waals surface area contributed by atoms with Crippen molar-refractivity contribution in [3.63, 3.8) is 0 Å². The molecule has 0 rings (SSSR count). The van der Waals surface area contributed by atoms with Crippen LogP contribution < -0.4 is 0 Å². The van der Waals surface area contributed by atoms with Gasteiger partial charge in [0.05, 0.1) is 0 Å². The summed E-state index contributed by atoms with van der Waals surface area (Å²) in [6.07, 6.45) is 10.4. The van der Waals surface area contributed by atoms with E-state index in [0.717, 1.165) is 32.2 Å². The van der Waals surface area contributed by atoms with Crippen LogP contribution in [0.1, 0.15) is 79.1 Å². The third-order valence-electron chi connectivity index (χ3n) is 4.42. The van der Waals surface area contributed by atoms with Crippen LogP contribution in [0.15, 0.2) is 12.8 Å². The van der Waals surface area contributed by atoms with Gasteiger partial charge in [0.1, 0.15) is 0 Å². The first kappa shape index (κ1) is 18.2. The molecule has 0 saturated carbocycles. The van der Waals surface area contributed by atoms with Crippen molar-refractivity contribution in [2.45, 2.75) is 79.1 Å². The average molecular weight is 267 g/mol. The number of hydrogen-bond acceptors (Lipinski definition) is 1. The van der Waals surface area contributed by atoms with Crippen LogP contribution in [0.4, 0.5) is 0 Å². The van der Waals surface area contributed by atoms with Crippen LogP contribution in [0.2, 0.25) is 0 Å². The second-order valence-electron chi connectivity index (χ2n) is 5.85. The van der Waals surface area contributed by atoms with E-state index in [0.29, 0.717) is 11.8 Å². The molecule has 2 nitrogen and oxygen atoms in total. The fourth-order valence-corrected chi connectivity index (χ4v) is 2.22. The van der Waals surface area contributed by atoms with Crippen LogP contribution in [0.3, 0.4) is 0 Å². The van der Waals surface area contributed by atoms with Crippen molar-refractivity contribution in [1.29, 1.82) is 0 Å². The molecule has 0 aromatic heterocycles. The van der Waals surface area contributed by atoms with Crippen LogP contribution >= 0.6 is 0 Å². The Morgan fingerprint density at radius 2 is 1.79 bits per heavy atom. The number of rotatable bonds is 11. The lowest BCUT2D eigenvalue weighted by Crippen LogP contribution is -2.26. The Balaban J connectivity index is 3.92. The van der Waals surface area contributed by atoms with E-state index >= 15 is 0 Å². The van der Waals surface area contributed by atoms with Crippen molar-refractivity contribution in [3.8, 4) is 0 Å². The van der Waals surface area contributed by atoms with Crippen LogP contribution in [-0.2, 0) is 4.79 Å². The average Bonchev–Trinajstić information content (AvgIpc) is 2.44. The van der Waals surface area contributed by atoms with E-state index in [-0.39, 0.29) is 5.91 Å². The fraction of sp³-hybridized carbons (Fsp3) is 0.824. The minimum absolute atomic E-state index is 0.234. The lowest BCUT2D eigenvalue weighted by molar-refractivity contribution is -0.128. The maximum Gasteiger partial charge on any atom is 0.226 e. The molecule has 0 spiro atoms. The van der Waals surface area contributed by atoms with Gasteiger partial charge in [-0.15, -0.1) is 0 Å². The lowest BCUT2D eigenvalue weighted by atomic mass is 9.80. The Bertz CT molecular complexity index is 256. The van der Waals surface area contributed by atoms with Gasteiger partial charge in [0.25, 0.3) is 0 Å². The van der Waals surface area contributed by atoms with Gasteiger partial charge in [0.15, 0.2) is 0 Å². The van der Waals surface area contributed by atoms with Gasteiger partial charge in [0.2, 0.25) is 5.91 Å². The largest absolute Gasteiger partial charge is 0.320 e.